The van der Waals surface area contributed by atoms with Crippen LogP contribution >= 0.6 is 0 Å². The van der Waals surface area contributed by atoms with Crippen LogP contribution in [-0.2, 0) is 11.3 Å². The van der Waals surface area contributed by atoms with Gasteiger partial charge in [0.05, 0.1) is 11.8 Å². The molecular formula is C16H25FN2O. The fourth-order valence-corrected chi connectivity index (χ4v) is 2.79. The summed E-state index contributed by atoms with van der Waals surface area (Å²) in [5, 5.41) is 3.36. The van der Waals surface area contributed by atoms with Gasteiger partial charge in [-0.25, -0.2) is 4.39 Å². The highest BCUT2D eigenvalue weighted by atomic mass is 19.1. The molecular weight excluding hydrogens is 255 g/mol. The molecule has 1 unspecified atom stereocenters. The summed E-state index contributed by atoms with van der Waals surface area (Å²) < 4.78 is 19.7. The van der Waals surface area contributed by atoms with Gasteiger partial charge in [0.25, 0.3) is 0 Å². The van der Waals surface area contributed by atoms with Gasteiger partial charge in [-0.1, -0.05) is 19.1 Å². The smallest absolute Gasteiger partial charge is 0.146 e. The first-order chi connectivity index (χ1) is 9.76. The van der Waals surface area contributed by atoms with Crippen LogP contribution in [0.15, 0.2) is 18.2 Å². The Hall–Kier alpha value is -1.13. The highest BCUT2D eigenvalue weighted by Crippen LogP contribution is 2.28. The highest BCUT2D eigenvalue weighted by molar-refractivity contribution is 5.55. The number of nitrogens with zero attached hydrogens (tertiary/aromatic N) is 1. The average molecular weight is 280 g/mol. The number of rotatable bonds is 6. The maximum absolute atomic E-state index is 14.3. The Morgan fingerprint density at radius 2 is 2.30 bits per heavy atom. The van der Waals surface area contributed by atoms with Crippen LogP contribution in [-0.4, -0.2) is 32.8 Å². The largest absolute Gasteiger partial charge is 0.380 e. The molecule has 4 heteroatoms. The Balaban J connectivity index is 2.15. The summed E-state index contributed by atoms with van der Waals surface area (Å²) in [7, 11) is 1.74. The Morgan fingerprint density at radius 3 is 3.05 bits per heavy atom. The van der Waals surface area contributed by atoms with E-state index in [0.29, 0.717) is 0 Å². The predicted molar refractivity (Wildman–Crippen MR) is 80.6 cm³/mol. The molecule has 1 saturated heterocycles. The molecule has 0 spiro atoms. The van der Waals surface area contributed by atoms with Crippen molar-refractivity contribution in [2.75, 3.05) is 31.6 Å². The van der Waals surface area contributed by atoms with Crippen LogP contribution in [0.25, 0.3) is 0 Å². The van der Waals surface area contributed by atoms with Gasteiger partial charge in [-0.15, -0.1) is 0 Å². The Labute approximate surface area is 121 Å². The van der Waals surface area contributed by atoms with Crippen molar-refractivity contribution in [2.24, 2.45) is 0 Å². The van der Waals surface area contributed by atoms with Crippen molar-refractivity contribution in [2.45, 2.75) is 38.8 Å². The molecule has 20 heavy (non-hydrogen) atoms. The molecule has 1 N–H and O–H groups in total. The first-order valence-electron chi connectivity index (χ1n) is 7.52. The van der Waals surface area contributed by atoms with Crippen molar-refractivity contribution in [1.29, 1.82) is 0 Å². The van der Waals surface area contributed by atoms with Gasteiger partial charge in [0.2, 0.25) is 0 Å². The van der Waals surface area contributed by atoms with Crippen LogP contribution in [0.3, 0.4) is 0 Å². The van der Waals surface area contributed by atoms with Crippen molar-refractivity contribution in [3.63, 3.8) is 0 Å². The number of ether oxygens (including phenoxy) is 1. The number of hydrogen-bond acceptors (Lipinski definition) is 3. The van der Waals surface area contributed by atoms with Crippen molar-refractivity contribution in [3.8, 4) is 0 Å². The summed E-state index contributed by atoms with van der Waals surface area (Å²) in [5.41, 5.74) is 1.79. The standard InChI is InChI=1S/C16H25FN2O/c1-3-9-18-11-13-6-4-8-15(17)16(13)19-10-5-7-14(12-19)20-2/h4,6,8,14,18H,3,5,7,9-12H2,1-2H3. The molecule has 3 nitrogen and oxygen atoms in total. The molecule has 2 rings (SSSR count). The molecule has 0 saturated carbocycles. The summed E-state index contributed by atoms with van der Waals surface area (Å²) in [4.78, 5) is 2.13. The van der Waals surface area contributed by atoms with Crippen LogP contribution in [0.4, 0.5) is 10.1 Å². The average Bonchev–Trinajstić information content (AvgIpc) is 2.48. The second kappa shape index (κ2) is 7.60. The molecule has 1 aliphatic heterocycles. The highest BCUT2D eigenvalue weighted by Gasteiger charge is 2.23. The lowest BCUT2D eigenvalue weighted by Gasteiger charge is -2.35. The minimum Gasteiger partial charge on any atom is -0.380 e. The van der Waals surface area contributed by atoms with E-state index in [4.69, 9.17) is 4.74 Å². The summed E-state index contributed by atoms with van der Waals surface area (Å²) >= 11 is 0. The van der Waals surface area contributed by atoms with Crippen molar-refractivity contribution < 1.29 is 9.13 Å². The molecule has 0 bridgehead atoms. The third-order valence-corrected chi connectivity index (χ3v) is 3.84. The SMILES string of the molecule is CCCNCc1cccc(F)c1N1CCCC(OC)C1. The fraction of sp³-hybridized carbons (Fsp3) is 0.625. The van der Waals surface area contributed by atoms with Gasteiger partial charge in [-0.3, -0.25) is 0 Å². The molecule has 1 fully saturated rings. The minimum atomic E-state index is -0.127. The zero-order valence-corrected chi connectivity index (χ0v) is 12.5. The molecule has 1 aromatic carbocycles. The van der Waals surface area contributed by atoms with Crippen molar-refractivity contribution >= 4 is 5.69 Å². The second-order valence-electron chi connectivity index (χ2n) is 5.37. The Morgan fingerprint density at radius 1 is 1.45 bits per heavy atom. The number of anilines is 1. The van der Waals surface area contributed by atoms with E-state index in [9.17, 15) is 4.39 Å². The lowest BCUT2D eigenvalue weighted by Crippen LogP contribution is -2.40. The van der Waals surface area contributed by atoms with E-state index in [2.05, 4.69) is 17.1 Å². The molecule has 1 aliphatic rings. The summed E-state index contributed by atoms with van der Waals surface area (Å²) in [5.74, 6) is -0.127. The Kier molecular flexibility index (Phi) is 5.80. The quantitative estimate of drug-likeness (QED) is 0.811. The zero-order chi connectivity index (χ0) is 14.4. The molecule has 112 valence electrons. The van der Waals surface area contributed by atoms with E-state index in [1.807, 2.05) is 6.07 Å². The number of methoxy groups -OCH3 is 1. The number of halogens is 1. The van der Waals surface area contributed by atoms with E-state index in [-0.39, 0.29) is 11.9 Å². The maximum Gasteiger partial charge on any atom is 0.146 e. The lowest BCUT2D eigenvalue weighted by molar-refractivity contribution is 0.0891. The normalized spacial score (nSPS) is 19.4. The van der Waals surface area contributed by atoms with Crippen LogP contribution in [0.5, 0.6) is 0 Å². The maximum atomic E-state index is 14.3. The van der Waals surface area contributed by atoms with Crippen LogP contribution in [0.2, 0.25) is 0 Å². The van der Waals surface area contributed by atoms with E-state index in [1.54, 1.807) is 19.2 Å². The topological polar surface area (TPSA) is 24.5 Å². The Bertz CT molecular complexity index is 425. The van der Waals surface area contributed by atoms with Gasteiger partial charge in [0.1, 0.15) is 5.82 Å². The van der Waals surface area contributed by atoms with Crippen molar-refractivity contribution in [1.82, 2.24) is 5.32 Å². The van der Waals surface area contributed by atoms with Crippen LogP contribution in [0, 0.1) is 5.82 Å². The van der Waals surface area contributed by atoms with E-state index < -0.39 is 0 Å². The zero-order valence-electron chi connectivity index (χ0n) is 12.5. The van der Waals surface area contributed by atoms with Gasteiger partial charge >= 0.3 is 0 Å². The summed E-state index contributed by atoms with van der Waals surface area (Å²) in [6.07, 6.45) is 3.40. The monoisotopic (exact) mass is 280 g/mol. The van der Waals surface area contributed by atoms with Gasteiger partial charge in [-0.2, -0.15) is 0 Å². The van der Waals surface area contributed by atoms with E-state index in [1.165, 1.54) is 0 Å². The number of para-hydroxylation sites is 1. The first kappa shape index (κ1) is 15.3. The third kappa shape index (κ3) is 3.70. The molecule has 0 amide bonds. The van der Waals surface area contributed by atoms with Crippen LogP contribution in [0.1, 0.15) is 31.7 Å². The van der Waals surface area contributed by atoms with Crippen LogP contribution < -0.4 is 10.2 Å². The summed E-state index contributed by atoms with van der Waals surface area (Å²) in [6.45, 7) is 5.48. The van der Waals surface area contributed by atoms with Gasteiger partial charge in [-0.05, 0) is 37.4 Å². The number of piperidine rings is 1. The number of benzene rings is 1. The summed E-state index contributed by atoms with van der Waals surface area (Å²) in [6, 6.07) is 5.35. The van der Waals surface area contributed by atoms with E-state index in [0.717, 1.165) is 56.7 Å². The lowest BCUT2D eigenvalue weighted by atomic mass is 10.0. The first-order valence-corrected chi connectivity index (χ1v) is 7.52. The molecule has 1 heterocycles. The molecule has 0 radical (unpaired) electrons. The molecule has 0 aromatic heterocycles. The van der Waals surface area contributed by atoms with Gasteiger partial charge < -0.3 is 15.0 Å². The fourth-order valence-electron chi connectivity index (χ4n) is 2.79. The second-order valence-corrected chi connectivity index (χ2v) is 5.37. The third-order valence-electron chi connectivity index (χ3n) is 3.84. The molecule has 0 aliphatic carbocycles. The van der Waals surface area contributed by atoms with Gasteiger partial charge in [0, 0.05) is 26.7 Å². The molecule has 1 atom stereocenters. The van der Waals surface area contributed by atoms with Gasteiger partial charge in [0.15, 0.2) is 0 Å². The van der Waals surface area contributed by atoms with E-state index >= 15 is 0 Å². The predicted octanol–water partition coefficient (Wildman–Crippen LogP) is 2.94. The minimum absolute atomic E-state index is 0.127. The number of nitrogens with one attached hydrogen (secondary N) is 1. The van der Waals surface area contributed by atoms with Crippen molar-refractivity contribution in [3.05, 3.63) is 29.6 Å². The molecule has 1 aromatic rings. The number of hydrogen-bond donors (Lipinski definition) is 1.